The van der Waals surface area contributed by atoms with E-state index in [0.717, 1.165) is 6.07 Å². The van der Waals surface area contributed by atoms with E-state index in [0.29, 0.717) is 0 Å². The van der Waals surface area contributed by atoms with Crippen LogP contribution in [0.15, 0.2) is 18.2 Å². The summed E-state index contributed by atoms with van der Waals surface area (Å²) in [5.74, 6) is -1.66. The zero-order valence-corrected chi connectivity index (χ0v) is 8.76. The van der Waals surface area contributed by atoms with E-state index in [-0.39, 0.29) is 24.3 Å². The molecule has 0 aliphatic heterocycles. The van der Waals surface area contributed by atoms with Gasteiger partial charge in [-0.2, -0.15) is 0 Å². The first kappa shape index (κ1) is 12.9. The fraction of sp³-hybridized carbons (Fsp3) is 0.300. The highest BCUT2D eigenvalue weighted by atomic mass is 19.1. The molecule has 17 heavy (non-hydrogen) atoms. The molecule has 7 heteroatoms. The van der Waals surface area contributed by atoms with Crippen LogP contribution in [-0.2, 0) is 0 Å². The number of benzene rings is 1. The molecule has 0 unspecified atom stereocenters. The third kappa shape index (κ3) is 3.13. The number of ether oxygens (including phenoxy) is 1. The third-order valence-electron chi connectivity index (χ3n) is 1.95. The van der Waals surface area contributed by atoms with Crippen molar-refractivity contribution >= 4 is 11.7 Å². The largest absolute Gasteiger partial charge is 0.486 e. The molecule has 0 saturated heterocycles. The maximum Gasteiger partial charge on any atom is 0.339 e. The van der Waals surface area contributed by atoms with Crippen LogP contribution in [0.1, 0.15) is 16.8 Å². The molecule has 6 nitrogen and oxygen atoms in total. The molecule has 0 fully saturated rings. The van der Waals surface area contributed by atoms with Crippen molar-refractivity contribution < 1.29 is 24.0 Å². The van der Waals surface area contributed by atoms with Crippen LogP contribution in [0.5, 0.6) is 5.75 Å². The molecule has 0 radical (unpaired) electrons. The molecule has 1 aromatic rings. The first-order chi connectivity index (χ1) is 8.07. The van der Waals surface area contributed by atoms with E-state index in [1.165, 1.54) is 12.1 Å². The molecule has 0 aliphatic carbocycles. The number of carboxylic acids is 1. The van der Waals surface area contributed by atoms with Crippen LogP contribution >= 0.6 is 0 Å². The summed E-state index contributed by atoms with van der Waals surface area (Å²) in [6.07, 6.45) is 0.0467. The molecular weight excluding hydrogens is 233 g/mol. The molecule has 0 heterocycles. The monoisotopic (exact) mass is 243 g/mol. The SMILES string of the molecule is O=C(O)c1cccc([N+](=O)[O-])c1OCCCF. The zero-order valence-electron chi connectivity index (χ0n) is 8.76. The Balaban J connectivity index is 3.10. The van der Waals surface area contributed by atoms with Crippen molar-refractivity contribution in [3.05, 3.63) is 33.9 Å². The summed E-state index contributed by atoms with van der Waals surface area (Å²) < 4.78 is 16.9. The van der Waals surface area contributed by atoms with E-state index in [4.69, 9.17) is 9.84 Å². The van der Waals surface area contributed by atoms with Crippen molar-refractivity contribution in [2.24, 2.45) is 0 Å². The van der Waals surface area contributed by atoms with Gasteiger partial charge < -0.3 is 9.84 Å². The second-order valence-electron chi connectivity index (χ2n) is 3.11. The lowest BCUT2D eigenvalue weighted by atomic mass is 10.1. The van der Waals surface area contributed by atoms with Gasteiger partial charge >= 0.3 is 11.7 Å². The van der Waals surface area contributed by atoms with Crippen molar-refractivity contribution in [3.8, 4) is 5.75 Å². The second-order valence-corrected chi connectivity index (χ2v) is 3.11. The smallest absolute Gasteiger partial charge is 0.339 e. The molecule has 0 saturated carbocycles. The van der Waals surface area contributed by atoms with Gasteiger partial charge in [-0.05, 0) is 6.07 Å². The lowest BCUT2D eigenvalue weighted by Gasteiger charge is -2.08. The molecule has 0 spiro atoms. The van der Waals surface area contributed by atoms with Crippen LogP contribution < -0.4 is 4.74 Å². The Hall–Kier alpha value is -2.18. The van der Waals surface area contributed by atoms with Gasteiger partial charge in [0.05, 0.1) is 18.2 Å². The van der Waals surface area contributed by atoms with E-state index in [1.54, 1.807) is 0 Å². The number of hydrogen-bond acceptors (Lipinski definition) is 4. The van der Waals surface area contributed by atoms with Gasteiger partial charge in [-0.3, -0.25) is 14.5 Å². The van der Waals surface area contributed by atoms with Crippen LogP contribution in [0, 0.1) is 10.1 Å². The maximum absolute atomic E-state index is 11.9. The fourth-order valence-corrected chi connectivity index (χ4v) is 1.22. The topological polar surface area (TPSA) is 89.7 Å². The van der Waals surface area contributed by atoms with Crippen LogP contribution in [0.2, 0.25) is 0 Å². The number of aromatic carboxylic acids is 1. The second kappa shape index (κ2) is 5.78. The Labute approximate surface area is 95.8 Å². The number of carbonyl (C=O) groups is 1. The Kier molecular flexibility index (Phi) is 4.38. The summed E-state index contributed by atoms with van der Waals surface area (Å²) in [7, 11) is 0. The van der Waals surface area contributed by atoms with Crippen molar-refractivity contribution in [3.63, 3.8) is 0 Å². The zero-order chi connectivity index (χ0) is 12.8. The number of halogens is 1. The maximum atomic E-state index is 11.9. The minimum absolute atomic E-state index is 0.0467. The van der Waals surface area contributed by atoms with E-state index < -0.39 is 23.3 Å². The van der Waals surface area contributed by atoms with Crippen molar-refractivity contribution in [1.82, 2.24) is 0 Å². The predicted molar refractivity (Wildman–Crippen MR) is 56.1 cm³/mol. The average Bonchev–Trinajstić information content (AvgIpc) is 2.28. The molecule has 0 atom stereocenters. The third-order valence-corrected chi connectivity index (χ3v) is 1.95. The molecule has 92 valence electrons. The molecule has 1 rings (SSSR count). The normalized spacial score (nSPS) is 9.94. The Morgan fingerprint density at radius 3 is 2.76 bits per heavy atom. The number of nitro groups is 1. The summed E-state index contributed by atoms with van der Waals surface area (Å²) in [6.45, 7) is -0.745. The van der Waals surface area contributed by atoms with E-state index in [9.17, 15) is 19.3 Å². The average molecular weight is 243 g/mol. The highest BCUT2D eigenvalue weighted by Crippen LogP contribution is 2.30. The predicted octanol–water partition coefficient (Wildman–Crippen LogP) is 2.03. The molecule has 0 aromatic heterocycles. The lowest BCUT2D eigenvalue weighted by Crippen LogP contribution is -2.07. The molecule has 1 aromatic carbocycles. The Morgan fingerprint density at radius 1 is 1.53 bits per heavy atom. The number of hydrogen-bond donors (Lipinski definition) is 1. The van der Waals surface area contributed by atoms with Gasteiger partial charge in [0.2, 0.25) is 5.75 Å². The first-order valence-electron chi connectivity index (χ1n) is 4.77. The number of nitrogens with zero attached hydrogens (tertiary/aromatic N) is 1. The van der Waals surface area contributed by atoms with Gasteiger partial charge in [-0.15, -0.1) is 0 Å². The molecular formula is C10H10FNO5. The van der Waals surface area contributed by atoms with Gasteiger partial charge in [0.25, 0.3) is 0 Å². The van der Waals surface area contributed by atoms with Crippen molar-refractivity contribution in [1.29, 1.82) is 0 Å². The van der Waals surface area contributed by atoms with Crippen LogP contribution in [0.25, 0.3) is 0 Å². The van der Waals surface area contributed by atoms with Gasteiger partial charge in [-0.1, -0.05) is 6.07 Å². The molecule has 1 N–H and O–H groups in total. The number of para-hydroxylation sites is 1. The molecule has 0 aliphatic rings. The summed E-state index contributed by atoms with van der Waals surface area (Å²) in [6, 6.07) is 3.58. The quantitative estimate of drug-likeness (QED) is 0.469. The van der Waals surface area contributed by atoms with Crippen LogP contribution in [-0.4, -0.2) is 29.3 Å². The lowest BCUT2D eigenvalue weighted by molar-refractivity contribution is -0.385. The summed E-state index contributed by atoms with van der Waals surface area (Å²) in [4.78, 5) is 20.8. The van der Waals surface area contributed by atoms with E-state index in [2.05, 4.69) is 0 Å². The number of alkyl halides is 1. The minimum atomic E-state index is -1.33. The van der Waals surface area contributed by atoms with Crippen LogP contribution in [0.4, 0.5) is 10.1 Å². The first-order valence-corrected chi connectivity index (χ1v) is 4.77. The standard InChI is InChI=1S/C10H10FNO5/c11-5-2-6-17-9-7(10(13)14)3-1-4-8(9)12(15)16/h1,3-4H,2,5-6H2,(H,13,14). The number of rotatable bonds is 6. The number of carboxylic acid groups (broad SMARTS) is 1. The summed E-state index contributed by atoms with van der Waals surface area (Å²) >= 11 is 0. The molecule has 0 bridgehead atoms. The van der Waals surface area contributed by atoms with Gasteiger partial charge in [-0.25, -0.2) is 4.79 Å². The summed E-state index contributed by atoms with van der Waals surface area (Å²) in [5.41, 5.74) is -0.748. The minimum Gasteiger partial charge on any atom is -0.486 e. The highest BCUT2D eigenvalue weighted by Gasteiger charge is 2.22. The van der Waals surface area contributed by atoms with Crippen molar-refractivity contribution in [2.45, 2.75) is 6.42 Å². The number of nitro benzene ring substituents is 1. The van der Waals surface area contributed by atoms with Crippen LogP contribution in [0.3, 0.4) is 0 Å². The summed E-state index contributed by atoms with van der Waals surface area (Å²) in [5, 5.41) is 19.5. The fourth-order valence-electron chi connectivity index (χ4n) is 1.22. The van der Waals surface area contributed by atoms with Crippen molar-refractivity contribution in [2.75, 3.05) is 13.3 Å². The van der Waals surface area contributed by atoms with E-state index in [1.807, 2.05) is 0 Å². The molecule has 0 amide bonds. The van der Waals surface area contributed by atoms with Gasteiger partial charge in [0.1, 0.15) is 5.56 Å². The Bertz CT molecular complexity index is 402. The highest BCUT2D eigenvalue weighted by molar-refractivity contribution is 5.92. The Morgan fingerprint density at radius 2 is 2.24 bits per heavy atom. The van der Waals surface area contributed by atoms with E-state index >= 15 is 0 Å². The van der Waals surface area contributed by atoms with Gasteiger partial charge in [0, 0.05) is 12.5 Å². The van der Waals surface area contributed by atoms with Gasteiger partial charge in [0.15, 0.2) is 0 Å².